The van der Waals surface area contributed by atoms with E-state index in [-0.39, 0.29) is 30.3 Å². The Bertz CT molecular complexity index is 542. The zero-order chi connectivity index (χ0) is 17.4. The third-order valence-corrected chi connectivity index (χ3v) is 3.45. The Kier molecular flexibility index (Phi) is 7.59. The summed E-state index contributed by atoms with van der Waals surface area (Å²) in [6.45, 7) is 9.43. The minimum Gasteiger partial charge on any atom is -0.491 e. The van der Waals surface area contributed by atoms with Crippen molar-refractivity contribution in [2.45, 2.75) is 66.1 Å². The summed E-state index contributed by atoms with van der Waals surface area (Å²) in [7, 11) is 0. The topological polar surface area (TPSA) is 64.6 Å². The average Bonchev–Trinajstić information content (AvgIpc) is 2.48. The zero-order valence-corrected chi connectivity index (χ0v) is 14.6. The molecular formula is C18H27NO4. The lowest BCUT2D eigenvalue weighted by molar-refractivity contribution is -0.124. The number of hydrogen-bond donors (Lipinski definition) is 1. The van der Waals surface area contributed by atoms with Crippen molar-refractivity contribution in [2.24, 2.45) is 0 Å². The molecule has 0 fully saturated rings. The number of nitrogens with one attached hydrogen (secondary N) is 1. The minimum atomic E-state index is -0.345. The van der Waals surface area contributed by atoms with E-state index in [1.165, 1.54) is 6.92 Å². The molecule has 23 heavy (non-hydrogen) atoms. The van der Waals surface area contributed by atoms with Crippen LogP contribution in [-0.4, -0.2) is 23.9 Å². The highest BCUT2D eigenvalue weighted by Gasteiger charge is 2.14. The average molecular weight is 321 g/mol. The van der Waals surface area contributed by atoms with Crippen LogP contribution in [-0.2, 0) is 9.59 Å². The van der Waals surface area contributed by atoms with Crippen LogP contribution in [0.3, 0.4) is 0 Å². The van der Waals surface area contributed by atoms with Gasteiger partial charge in [-0.1, -0.05) is 13.8 Å². The quantitative estimate of drug-likeness (QED) is 0.699. The number of rotatable bonds is 9. The molecule has 0 aromatic heterocycles. The Morgan fingerprint density at radius 2 is 1.70 bits per heavy atom. The van der Waals surface area contributed by atoms with Crippen LogP contribution in [0.2, 0.25) is 0 Å². The van der Waals surface area contributed by atoms with Crippen LogP contribution in [0.4, 0.5) is 5.69 Å². The Morgan fingerprint density at radius 1 is 1.09 bits per heavy atom. The van der Waals surface area contributed by atoms with E-state index in [0.29, 0.717) is 17.2 Å². The van der Waals surface area contributed by atoms with Gasteiger partial charge < -0.3 is 14.8 Å². The number of carbonyl (C=O) groups is 2. The van der Waals surface area contributed by atoms with Gasteiger partial charge in [0.25, 0.3) is 0 Å². The molecule has 0 aliphatic heterocycles. The highest BCUT2D eigenvalue weighted by molar-refractivity contribution is 6.04. The van der Waals surface area contributed by atoms with Crippen LogP contribution < -0.4 is 14.8 Å². The van der Waals surface area contributed by atoms with Crippen LogP contribution >= 0.6 is 0 Å². The van der Waals surface area contributed by atoms with E-state index in [2.05, 4.69) is 12.2 Å². The van der Waals surface area contributed by atoms with E-state index in [1.54, 1.807) is 18.2 Å². The van der Waals surface area contributed by atoms with Gasteiger partial charge in [0.15, 0.2) is 0 Å². The summed E-state index contributed by atoms with van der Waals surface area (Å²) in [4.78, 5) is 22.9. The number of Topliss-reactive ketones (excluding diaryl/α,β-unsaturated/α-hetero) is 1. The van der Waals surface area contributed by atoms with Crippen molar-refractivity contribution in [2.75, 3.05) is 5.32 Å². The Balaban J connectivity index is 2.98. The molecule has 5 nitrogen and oxygen atoms in total. The molecular weight excluding hydrogens is 294 g/mol. The molecule has 0 aliphatic carbocycles. The lowest BCUT2D eigenvalue weighted by Crippen LogP contribution is -2.17. The first-order chi connectivity index (χ1) is 10.8. The van der Waals surface area contributed by atoms with Crippen molar-refractivity contribution in [3.05, 3.63) is 18.2 Å². The van der Waals surface area contributed by atoms with Gasteiger partial charge in [0.05, 0.1) is 24.3 Å². The Labute approximate surface area is 138 Å². The van der Waals surface area contributed by atoms with E-state index < -0.39 is 0 Å². The van der Waals surface area contributed by atoms with E-state index in [1.807, 2.05) is 20.8 Å². The van der Waals surface area contributed by atoms with Crippen molar-refractivity contribution < 1.29 is 19.1 Å². The highest BCUT2D eigenvalue weighted by atomic mass is 16.5. The lowest BCUT2D eigenvalue weighted by atomic mass is 10.2. The normalized spacial score (nSPS) is 13.1. The van der Waals surface area contributed by atoms with Crippen molar-refractivity contribution >= 4 is 17.4 Å². The van der Waals surface area contributed by atoms with Crippen LogP contribution in [0, 0.1) is 0 Å². The maximum Gasteiger partial charge on any atom is 0.231 e. The van der Waals surface area contributed by atoms with Crippen molar-refractivity contribution in [3.8, 4) is 11.5 Å². The van der Waals surface area contributed by atoms with Crippen LogP contribution in [0.15, 0.2) is 18.2 Å². The van der Waals surface area contributed by atoms with Gasteiger partial charge in [-0.05, 0) is 45.7 Å². The summed E-state index contributed by atoms with van der Waals surface area (Å²) in [5, 5.41) is 2.73. The number of benzene rings is 1. The molecule has 1 rings (SSSR count). The summed E-state index contributed by atoms with van der Waals surface area (Å²) < 4.78 is 11.7. The summed E-state index contributed by atoms with van der Waals surface area (Å²) in [6, 6.07) is 5.31. The molecule has 2 unspecified atom stereocenters. The van der Waals surface area contributed by atoms with E-state index in [0.717, 1.165) is 12.8 Å². The number of ether oxygens (including phenoxy) is 2. The number of carbonyl (C=O) groups excluding carboxylic acids is 2. The second-order valence-electron chi connectivity index (χ2n) is 5.76. The van der Waals surface area contributed by atoms with Gasteiger partial charge in [-0.15, -0.1) is 0 Å². The largest absolute Gasteiger partial charge is 0.491 e. The zero-order valence-electron chi connectivity index (χ0n) is 14.6. The number of ketones is 1. The molecule has 128 valence electrons. The summed E-state index contributed by atoms with van der Waals surface area (Å²) in [5.41, 5.74) is 0.549. The maximum absolute atomic E-state index is 11.8. The second kappa shape index (κ2) is 9.18. The summed E-state index contributed by atoms with van der Waals surface area (Å²) in [5.74, 6) is 0.727. The Morgan fingerprint density at radius 3 is 2.26 bits per heavy atom. The van der Waals surface area contributed by atoms with Crippen LogP contribution in [0.1, 0.15) is 53.9 Å². The molecule has 2 atom stereocenters. The fourth-order valence-electron chi connectivity index (χ4n) is 1.81. The van der Waals surface area contributed by atoms with Gasteiger partial charge in [0.1, 0.15) is 17.3 Å². The van der Waals surface area contributed by atoms with Crippen molar-refractivity contribution in [3.63, 3.8) is 0 Å². The minimum absolute atomic E-state index is 0.0114. The van der Waals surface area contributed by atoms with Crippen LogP contribution in [0.5, 0.6) is 11.5 Å². The molecule has 1 aromatic rings. The third kappa shape index (κ3) is 6.72. The summed E-state index contributed by atoms with van der Waals surface area (Å²) in [6.07, 6.45) is 1.71. The molecule has 5 heteroatoms. The molecule has 0 heterocycles. The number of anilines is 1. The van der Waals surface area contributed by atoms with Gasteiger partial charge in [-0.25, -0.2) is 0 Å². The predicted octanol–water partition coefficient (Wildman–Crippen LogP) is 3.96. The van der Waals surface area contributed by atoms with E-state index in [9.17, 15) is 9.59 Å². The molecule has 1 N–H and O–H groups in total. The molecule has 0 saturated carbocycles. The number of amides is 1. The molecule has 0 bridgehead atoms. The van der Waals surface area contributed by atoms with Gasteiger partial charge in [-0.3, -0.25) is 9.59 Å². The molecule has 1 aromatic carbocycles. The van der Waals surface area contributed by atoms with E-state index in [4.69, 9.17) is 9.47 Å². The smallest absolute Gasteiger partial charge is 0.231 e. The summed E-state index contributed by atoms with van der Waals surface area (Å²) >= 11 is 0. The van der Waals surface area contributed by atoms with Gasteiger partial charge >= 0.3 is 0 Å². The monoisotopic (exact) mass is 321 g/mol. The van der Waals surface area contributed by atoms with Gasteiger partial charge in [-0.2, -0.15) is 0 Å². The predicted molar refractivity (Wildman–Crippen MR) is 91.1 cm³/mol. The van der Waals surface area contributed by atoms with Crippen molar-refractivity contribution in [1.82, 2.24) is 0 Å². The highest BCUT2D eigenvalue weighted by Crippen LogP contribution is 2.31. The number of hydrogen-bond acceptors (Lipinski definition) is 4. The van der Waals surface area contributed by atoms with E-state index >= 15 is 0 Å². The fraction of sp³-hybridized carbons (Fsp3) is 0.556. The molecule has 0 saturated heterocycles. The van der Waals surface area contributed by atoms with Crippen molar-refractivity contribution in [1.29, 1.82) is 0 Å². The fourth-order valence-corrected chi connectivity index (χ4v) is 1.81. The molecule has 0 spiro atoms. The maximum atomic E-state index is 11.8. The van der Waals surface area contributed by atoms with Gasteiger partial charge in [0.2, 0.25) is 5.91 Å². The first-order valence-corrected chi connectivity index (χ1v) is 8.12. The standard InChI is InChI=1S/C18H27NO4/c1-6-13(4)22-15-8-9-16(19-18(21)10-12(3)20)17(11-15)23-14(5)7-2/h8-9,11,13-14H,6-7,10H2,1-5H3,(H,19,21). The molecule has 1 amide bonds. The second-order valence-corrected chi connectivity index (χ2v) is 5.76. The first kappa shape index (κ1) is 19.0. The molecule has 0 radical (unpaired) electrons. The lowest BCUT2D eigenvalue weighted by Gasteiger charge is -2.19. The first-order valence-electron chi connectivity index (χ1n) is 8.12. The Hall–Kier alpha value is -2.04. The van der Waals surface area contributed by atoms with Gasteiger partial charge in [0, 0.05) is 6.07 Å². The third-order valence-electron chi connectivity index (χ3n) is 3.45. The SMILES string of the molecule is CCC(C)Oc1ccc(NC(=O)CC(C)=O)c(OC(C)CC)c1. The van der Waals surface area contributed by atoms with Crippen LogP contribution in [0.25, 0.3) is 0 Å². The molecule has 0 aliphatic rings.